The van der Waals surface area contributed by atoms with Gasteiger partial charge in [-0.2, -0.15) is 5.10 Å². The minimum absolute atomic E-state index is 0.0475. The lowest BCUT2D eigenvalue weighted by Gasteiger charge is -2.14. The molecule has 106 valence electrons. The number of aryl methyl sites for hydroxylation is 1. The number of halogens is 1. The molecule has 0 bridgehead atoms. The van der Waals surface area contributed by atoms with Gasteiger partial charge in [-0.15, -0.1) is 0 Å². The van der Waals surface area contributed by atoms with Crippen LogP contribution in [-0.4, -0.2) is 21.2 Å². The lowest BCUT2D eigenvalue weighted by Crippen LogP contribution is -2.19. The first-order valence-electron chi connectivity index (χ1n) is 6.17. The smallest absolute Gasteiger partial charge is 0.272 e. The average Bonchev–Trinajstić information content (AvgIpc) is 2.77. The van der Waals surface area contributed by atoms with Crippen LogP contribution in [0.2, 0.25) is 0 Å². The van der Waals surface area contributed by atoms with Gasteiger partial charge in [0.05, 0.1) is 22.4 Å². The molecule has 20 heavy (non-hydrogen) atoms. The molecule has 1 aromatic heterocycles. The van der Waals surface area contributed by atoms with E-state index in [-0.39, 0.29) is 17.4 Å². The van der Waals surface area contributed by atoms with E-state index in [1.807, 2.05) is 19.9 Å². The van der Waals surface area contributed by atoms with E-state index >= 15 is 0 Å². The number of aromatic nitrogens is 2. The van der Waals surface area contributed by atoms with Gasteiger partial charge in [-0.3, -0.25) is 15.2 Å². The molecule has 0 aliphatic heterocycles. The third-order valence-corrected chi connectivity index (χ3v) is 2.84. The van der Waals surface area contributed by atoms with Crippen molar-refractivity contribution < 1.29 is 9.31 Å². The summed E-state index contributed by atoms with van der Waals surface area (Å²) in [6, 6.07) is 5.43. The Morgan fingerprint density at radius 1 is 1.50 bits per heavy atom. The number of rotatable bonds is 5. The molecule has 7 heteroatoms. The van der Waals surface area contributed by atoms with E-state index in [1.165, 1.54) is 12.1 Å². The SMILES string of the molecule is Cc1cc(CC(C)Nc2ccc([N+](=O)[O-])cc2F)n[nH]1. The first kappa shape index (κ1) is 14.0. The average molecular weight is 278 g/mol. The van der Waals surface area contributed by atoms with Crippen LogP contribution in [0.5, 0.6) is 0 Å². The lowest BCUT2D eigenvalue weighted by atomic mass is 10.1. The summed E-state index contributed by atoms with van der Waals surface area (Å²) in [7, 11) is 0. The standard InChI is InChI=1S/C13H15FN4O2/c1-8(5-10-6-9(2)16-17-10)15-13-4-3-11(18(19)20)7-12(13)14/h3-4,6-8,15H,5H2,1-2H3,(H,16,17). The molecular formula is C13H15FN4O2. The predicted molar refractivity (Wildman–Crippen MR) is 73.2 cm³/mol. The van der Waals surface area contributed by atoms with Crippen molar-refractivity contribution in [1.29, 1.82) is 0 Å². The Morgan fingerprint density at radius 2 is 2.25 bits per heavy atom. The van der Waals surface area contributed by atoms with Crippen LogP contribution in [0, 0.1) is 22.9 Å². The third-order valence-electron chi connectivity index (χ3n) is 2.84. The zero-order valence-electron chi connectivity index (χ0n) is 11.2. The molecule has 0 fully saturated rings. The Labute approximate surface area is 115 Å². The predicted octanol–water partition coefficient (Wildman–Crippen LogP) is 2.81. The summed E-state index contributed by atoms with van der Waals surface area (Å²) in [6.45, 7) is 3.80. The number of H-pyrrole nitrogens is 1. The fraction of sp³-hybridized carbons (Fsp3) is 0.308. The highest BCUT2D eigenvalue weighted by molar-refractivity contribution is 5.50. The molecule has 0 aliphatic rings. The van der Waals surface area contributed by atoms with Crippen molar-refractivity contribution in [2.45, 2.75) is 26.3 Å². The van der Waals surface area contributed by atoms with Crippen molar-refractivity contribution in [1.82, 2.24) is 10.2 Å². The minimum atomic E-state index is -0.635. The fourth-order valence-electron chi connectivity index (χ4n) is 1.94. The van der Waals surface area contributed by atoms with Crippen molar-refractivity contribution in [2.75, 3.05) is 5.32 Å². The van der Waals surface area contributed by atoms with E-state index in [0.29, 0.717) is 6.42 Å². The molecule has 2 aromatic rings. The Morgan fingerprint density at radius 3 is 2.80 bits per heavy atom. The second-order valence-corrected chi connectivity index (χ2v) is 4.71. The number of non-ortho nitro benzene ring substituents is 1. The molecular weight excluding hydrogens is 263 g/mol. The van der Waals surface area contributed by atoms with Crippen LogP contribution in [0.25, 0.3) is 0 Å². The molecule has 1 heterocycles. The van der Waals surface area contributed by atoms with Gasteiger partial charge in [0.15, 0.2) is 5.82 Å². The summed E-state index contributed by atoms with van der Waals surface area (Å²) < 4.78 is 13.7. The quantitative estimate of drug-likeness (QED) is 0.650. The molecule has 1 atom stereocenters. The first-order chi connectivity index (χ1) is 9.45. The normalized spacial score (nSPS) is 12.2. The van der Waals surface area contributed by atoms with Crippen LogP contribution in [0.4, 0.5) is 15.8 Å². The van der Waals surface area contributed by atoms with Gasteiger partial charge in [-0.1, -0.05) is 0 Å². The van der Waals surface area contributed by atoms with Gasteiger partial charge in [0, 0.05) is 24.2 Å². The Kier molecular flexibility index (Phi) is 3.97. The van der Waals surface area contributed by atoms with Gasteiger partial charge >= 0.3 is 0 Å². The van der Waals surface area contributed by atoms with Crippen LogP contribution >= 0.6 is 0 Å². The summed E-state index contributed by atoms with van der Waals surface area (Å²) in [5, 5.41) is 20.5. The second-order valence-electron chi connectivity index (χ2n) is 4.71. The number of hydrogen-bond donors (Lipinski definition) is 2. The Bertz CT molecular complexity index is 627. The van der Waals surface area contributed by atoms with Crippen molar-refractivity contribution in [3.05, 3.63) is 51.6 Å². The summed E-state index contributed by atoms with van der Waals surface area (Å²) in [5.74, 6) is -0.635. The molecule has 2 N–H and O–H groups in total. The molecule has 0 radical (unpaired) electrons. The number of nitro groups is 1. The largest absolute Gasteiger partial charge is 0.380 e. The molecule has 2 rings (SSSR count). The van der Waals surface area contributed by atoms with Gasteiger partial charge in [0.2, 0.25) is 0 Å². The van der Waals surface area contributed by atoms with Gasteiger partial charge in [0.25, 0.3) is 5.69 Å². The molecule has 6 nitrogen and oxygen atoms in total. The van der Waals surface area contributed by atoms with E-state index < -0.39 is 10.7 Å². The summed E-state index contributed by atoms with van der Waals surface area (Å²) >= 11 is 0. The maximum atomic E-state index is 13.7. The van der Waals surface area contributed by atoms with Crippen LogP contribution in [0.15, 0.2) is 24.3 Å². The van der Waals surface area contributed by atoms with Crippen molar-refractivity contribution >= 4 is 11.4 Å². The van der Waals surface area contributed by atoms with Crippen LogP contribution in [-0.2, 0) is 6.42 Å². The summed E-state index contributed by atoms with van der Waals surface area (Å²) in [4.78, 5) is 9.91. The number of nitro benzene ring substituents is 1. The fourth-order valence-corrected chi connectivity index (χ4v) is 1.94. The molecule has 0 amide bonds. The maximum absolute atomic E-state index is 13.7. The second kappa shape index (κ2) is 5.68. The first-order valence-corrected chi connectivity index (χ1v) is 6.17. The number of nitrogens with one attached hydrogen (secondary N) is 2. The monoisotopic (exact) mass is 278 g/mol. The number of aromatic amines is 1. The van der Waals surface area contributed by atoms with Gasteiger partial charge in [-0.25, -0.2) is 4.39 Å². The van der Waals surface area contributed by atoms with E-state index in [0.717, 1.165) is 17.5 Å². The van der Waals surface area contributed by atoms with E-state index in [1.54, 1.807) is 0 Å². The van der Waals surface area contributed by atoms with Gasteiger partial charge in [0.1, 0.15) is 0 Å². The maximum Gasteiger partial charge on any atom is 0.272 e. The highest BCUT2D eigenvalue weighted by Gasteiger charge is 2.13. The zero-order valence-corrected chi connectivity index (χ0v) is 11.2. The molecule has 0 aliphatic carbocycles. The Balaban J connectivity index is 2.04. The highest BCUT2D eigenvalue weighted by Crippen LogP contribution is 2.21. The van der Waals surface area contributed by atoms with Crippen LogP contribution in [0.3, 0.4) is 0 Å². The lowest BCUT2D eigenvalue weighted by molar-refractivity contribution is -0.385. The van der Waals surface area contributed by atoms with Crippen molar-refractivity contribution in [3.63, 3.8) is 0 Å². The third kappa shape index (κ3) is 3.31. The minimum Gasteiger partial charge on any atom is -0.380 e. The van der Waals surface area contributed by atoms with E-state index in [2.05, 4.69) is 15.5 Å². The molecule has 1 unspecified atom stereocenters. The van der Waals surface area contributed by atoms with Crippen molar-refractivity contribution in [2.24, 2.45) is 0 Å². The number of benzene rings is 1. The highest BCUT2D eigenvalue weighted by atomic mass is 19.1. The number of anilines is 1. The van der Waals surface area contributed by atoms with E-state index in [9.17, 15) is 14.5 Å². The van der Waals surface area contributed by atoms with Gasteiger partial charge in [-0.05, 0) is 26.0 Å². The molecule has 0 spiro atoms. The summed E-state index contributed by atoms with van der Waals surface area (Å²) in [5.41, 5.74) is 1.83. The molecule has 1 aromatic carbocycles. The Hall–Kier alpha value is -2.44. The molecule has 0 saturated heterocycles. The number of hydrogen-bond acceptors (Lipinski definition) is 4. The summed E-state index contributed by atoms with van der Waals surface area (Å²) in [6.07, 6.45) is 0.626. The zero-order chi connectivity index (χ0) is 14.7. The van der Waals surface area contributed by atoms with Gasteiger partial charge < -0.3 is 5.32 Å². The van der Waals surface area contributed by atoms with Crippen molar-refractivity contribution in [3.8, 4) is 0 Å². The van der Waals surface area contributed by atoms with E-state index in [4.69, 9.17) is 0 Å². The topological polar surface area (TPSA) is 83.8 Å². The van der Waals surface area contributed by atoms with Crippen LogP contribution in [0.1, 0.15) is 18.3 Å². The van der Waals surface area contributed by atoms with Crippen LogP contribution < -0.4 is 5.32 Å². The number of nitrogens with zero attached hydrogens (tertiary/aromatic N) is 2. The molecule has 0 saturated carbocycles.